The second kappa shape index (κ2) is 6.19. The number of rotatable bonds is 5. The third-order valence-electron chi connectivity index (χ3n) is 3.75. The summed E-state index contributed by atoms with van der Waals surface area (Å²) in [6, 6.07) is 0. The van der Waals surface area contributed by atoms with Crippen LogP contribution in [0.25, 0.3) is 0 Å². The van der Waals surface area contributed by atoms with Gasteiger partial charge in [0.15, 0.2) is 9.84 Å². The maximum atomic E-state index is 12.2. The molecule has 6 nitrogen and oxygen atoms in total. The molecule has 0 spiro atoms. The first-order chi connectivity index (χ1) is 8.66. The molecule has 7 heteroatoms. The van der Waals surface area contributed by atoms with Gasteiger partial charge in [0.05, 0.1) is 0 Å². The Kier molecular flexibility index (Phi) is 5.34. The number of carbonyl (C=O) groups is 1. The van der Waals surface area contributed by atoms with Gasteiger partial charge >= 0.3 is 0 Å². The lowest BCUT2D eigenvalue weighted by molar-refractivity contribution is -0.132. The number of sulfone groups is 1. The van der Waals surface area contributed by atoms with Crippen molar-refractivity contribution in [1.82, 2.24) is 15.1 Å². The summed E-state index contributed by atoms with van der Waals surface area (Å²) in [6.45, 7) is 8.13. The quantitative estimate of drug-likeness (QED) is 0.716. The Morgan fingerprint density at radius 2 is 1.84 bits per heavy atom. The molecule has 0 unspecified atom stereocenters. The van der Waals surface area contributed by atoms with Crippen molar-refractivity contribution in [3.63, 3.8) is 0 Å². The van der Waals surface area contributed by atoms with Gasteiger partial charge in [0, 0.05) is 52.6 Å². The molecule has 0 atom stereocenters. The largest absolute Gasteiger partial charge is 0.343 e. The number of carbonyl (C=O) groups excluding carboxylic acids is 1. The van der Waals surface area contributed by atoms with Crippen LogP contribution in [0.1, 0.15) is 13.8 Å². The summed E-state index contributed by atoms with van der Waals surface area (Å²) >= 11 is 0. The van der Waals surface area contributed by atoms with Gasteiger partial charge in [-0.3, -0.25) is 9.69 Å². The lowest BCUT2D eigenvalue weighted by Gasteiger charge is -2.31. The van der Waals surface area contributed by atoms with E-state index < -0.39 is 14.6 Å². The van der Waals surface area contributed by atoms with E-state index in [1.165, 1.54) is 18.7 Å². The van der Waals surface area contributed by atoms with Crippen LogP contribution in [0.15, 0.2) is 0 Å². The standard InChI is InChI=1S/C12H25N3O3S/c1-12(2,19(4,17)18)11(16)14(3)9-10-15-7-5-13-6-8-15/h13H,5-10H2,1-4H3. The van der Waals surface area contributed by atoms with Gasteiger partial charge in [-0.05, 0) is 13.8 Å². The Balaban J connectivity index is 2.53. The minimum atomic E-state index is -3.40. The zero-order valence-corrected chi connectivity index (χ0v) is 13.1. The molecule has 0 aliphatic carbocycles. The first kappa shape index (κ1) is 16.4. The summed E-state index contributed by atoms with van der Waals surface area (Å²) in [6.07, 6.45) is 1.11. The molecular formula is C12H25N3O3S. The minimum Gasteiger partial charge on any atom is -0.343 e. The molecular weight excluding hydrogens is 266 g/mol. The van der Waals surface area contributed by atoms with Crippen molar-refractivity contribution in [2.24, 2.45) is 0 Å². The number of hydrogen-bond acceptors (Lipinski definition) is 5. The molecule has 0 radical (unpaired) electrons. The van der Waals surface area contributed by atoms with Gasteiger partial charge in [0.1, 0.15) is 4.75 Å². The van der Waals surface area contributed by atoms with Crippen LogP contribution in [-0.4, -0.2) is 81.4 Å². The summed E-state index contributed by atoms with van der Waals surface area (Å²) in [5, 5.41) is 3.27. The third kappa shape index (κ3) is 4.15. The lowest BCUT2D eigenvalue weighted by Crippen LogP contribution is -2.51. The second-order valence-electron chi connectivity index (χ2n) is 5.60. The van der Waals surface area contributed by atoms with E-state index in [0.717, 1.165) is 39.0 Å². The first-order valence-electron chi connectivity index (χ1n) is 6.54. The van der Waals surface area contributed by atoms with Gasteiger partial charge in [0.25, 0.3) is 0 Å². The molecule has 1 aliphatic heterocycles. The highest BCUT2D eigenvalue weighted by molar-refractivity contribution is 7.92. The van der Waals surface area contributed by atoms with Crippen LogP contribution in [0.4, 0.5) is 0 Å². The zero-order chi connectivity index (χ0) is 14.7. The van der Waals surface area contributed by atoms with Crippen LogP contribution < -0.4 is 5.32 Å². The van der Waals surface area contributed by atoms with E-state index in [-0.39, 0.29) is 5.91 Å². The van der Waals surface area contributed by atoms with Crippen molar-refractivity contribution in [2.45, 2.75) is 18.6 Å². The molecule has 19 heavy (non-hydrogen) atoms. The van der Waals surface area contributed by atoms with E-state index in [1.54, 1.807) is 7.05 Å². The van der Waals surface area contributed by atoms with Crippen molar-refractivity contribution >= 4 is 15.7 Å². The molecule has 1 N–H and O–H groups in total. The van der Waals surface area contributed by atoms with E-state index >= 15 is 0 Å². The predicted molar refractivity (Wildman–Crippen MR) is 75.9 cm³/mol. The second-order valence-corrected chi connectivity index (χ2v) is 8.17. The van der Waals surface area contributed by atoms with Gasteiger partial charge in [0.2, 0.25) is 5.91 Å². The third-order valence-corrected chi connectivity index (χ3v) is 5.78. The summed E-state index contributed by atoms with van der Waals surface area (Å²) in [4.78, 5) is 16.0. The topological polar surface area (TPSA) is 69.7 Å². The average Bonchev–Trinajstić information content (AvgIpc) is 2.34. The molecule has 0 aromatic carbocycles. The average molecular weight is 291 g/mol. The Hall–Kier alpha value is -0.660. The molecule has 1 amide bonds. The molecule has 112 valence electrons. The SMILES string of the molecule is CN(CCN1CCNCC1)C(=O)C(C)(C)S(C)(=O)=O. The van der Waals surface area contributed by atoms with E-state index in [1.807, 2.05) is 0 Å². The van der Waals surface area contributed by atoms with Crippen LogP contribution in [0, 0.1) is 0 Å². The number of hydrogen-bond donors (Lipinski definition) is 1. The van der Waals surface area contributed by atoms with Gasteiger partial charge in [-0.2, -0.15) is 0 Å². The molecule has 0 saturated carbocycles. The fraction of sp³-hybridized carbons (Fsp3) is 0.917. The van der Waals surface area contributed by atoms with Crippen molar-refractivity contribution in [1.29, 1.82) is 0 Å². The van der Waals surface area contributed by atoms with E-state index in [2.05, 4.69) is 10.2 Å². The maximum Gasteiger partial charge on any atom is 0.243 e. The number of nitrogens with zero attached hydrogens (tertiary/aromatic N) is 2. The Morgan fingerprint density at radius 3 is 2.32 bits per heavy atom. The minimum absolute atomic E-state index is 0.342. The van der Waals surface area contributed by atoms with Crippen LogP contribution in [-0.2, 0) is 14.6 Å². The van der Waals surface area contributed by atoms with Gasteiger partial charge in [-0.15, -0.1) is 0 Å². The number of likely N-dealkylation sites (N-methyl/N-ethyl adjacent to an activating group) is 1. The fourth-order valence-electron chi connectivity index (χ4n) is 1.95. The molecule has 1 rings (SSSR count). The van der Waals surface area contributed by atoms with E-state index in [4.69, 9.17) is 0 Å². The smallest absolute Gasteiger partial charge is 0.243 e. The van der Waals surface area contributed by atoms with Crippen LogP contribution in [0.2, 0.25) is 0 Å². The molecule has 0 aromatic rings. The summed E-state index contributed by atoms with van der Waals surface area (Å²) < 4.78 is 21.9. The van der Waals surface area contributed by atoms with Crippen molar-refractivity contribution in [2.75, 3.05) is 52.6 Å². The highest BCUT2D eigenvalue weighted by Crippen LogP contribution is 2.17. The highest BCUT2D eigenvalue weighted by Gasteiger charge is 2.40. The molecule has 1 saturated heterocycles. The van der Waals surface area contributed by atoms with E-state index in [0.29, 0.717) is 6.54 Å². The molecule has 1 aliphatic rings. The zero-order valence-electron chi connectivity index (χ0n) is 12.3. The first-order valence-corrected chi connectivity index (χ1v) is 8.43. The van der Waals surface area contributed by atoms with Crippen LogP contribution in [0.3, 0.4) is 0 Å². The molecule has 0 aromatic heterocycles. The number of nitrogens with one attached hydrogen (secondary N) is 1. The van der Waals surface area contributed by atoms with Crippen LogP contribution in [0.5, 0.6) is 0 Å². The van der Waals surface area contributed by atoms with Gasteiger partial charge < -0.3 is 10.2 Å². The summed E-state index contributed by atoms with van der Waals surface area (Å²) in [5.41, 5.74) is 0. The number of amides is 1. The molecule has 1 heterocycles. The van der Waals surface area contributed by atoms with E-state index in [9.17, 15) is 13.2 Å². The Morgan fingerprint density at radius 1 is 1.32 bits per heavy atom. The maximum absolute atomic E-state index is 12.2. The number of piperazine rings is 1. The molecule has 1 fully saturated rings. The fourth-order valence-corrected chi connectivity index (χ4v) is 2.42. The summed E-state index contributed by atoms with van der Waals surface area (Å²) in [5.74, 6) is -0.342. The predicted octanol–water partition coefficient (Wildman–Crippen LogP) is -0.827. The summed E-state index contributed by atoms with van der Waals surface area (Å²) in [7, 11) is -1.74. The lowest BCUT2D eigenvalue weighted by atomic mass is 10.2. The van der Waals surface area contributed by atoms with Crippen LogP contribution >= 0.6 is 0 Å². The van der Waals surface area contributed by atoms with Crippen molar-refractivity contribution < 1.29 is 13.2 Å². The van der Waals surface area contributed by atoms with Gasteiger partial charge in [-0.1, -0.05) is 0 Å². The van der Waals surface area contributed by atoms with Gasteiger partial charge in [-0.25, -0.2) is 8.42 Å². The highest BCUT2D eigenvalue weighted by atomic mass is 32.2. The Bertz CT molecular complexity index is 414. The Labute approximate surface area is 116 Å². The van der Waals surface area contributed by atoms with Crippen molar-refractivity contribution in [3.05, 3.63) is 0 Å². The normalized spacial score (nSPS) is 18.3. The van der Waals surface area contributed by atoms with Crippen molar-refractivity contribution in [3.8, 4) is 0 Å². The molecule has 0 bridgehead atoms. The monoisotopic (exact) mass is 291 g/mol.